The zero-order valence-corrected chi connectivity index (χ0v) is 16.0. The highest BCUT2D eigenvalue weighted by molar-refractivity contribution is 6.39. The van der Waals surface area contributed by atoms with Gasteiger partial charge in [-0.2, -0.15) is 4.68 Å². The molecule has 0 aliphatic rings. The Morgan fingerprint density at radius 3 is 2.59 bits per heavy atom. The molecule has 0 saturated carbocycles. The fourth-order valence-electron chi connectivity index (χ4n) is 2.52. The van der Waals surface area contributed by atoms with Crippen molar-refractivity contribution in [2.75, 3.05) is 25.6 Å². The Bertz CT molecular complexity index is 1000. The molecule has 3 rings (SSSR count). The summed E-state index contributed by atoms with van der Waals surface area (Å²) in [6, 6.07) is 14.0. The summed E-state index contributed by atoms with van der Waals surface area (Å²) in [7, 11) is 1.55. The third-order valence-corrected chi connectivity index (χ3v) is 3.89. The van der Waals surface area contributed by atoms with Gasteiger partial charge in [0.2, 0.25) is 0 Å². The van der Waals surface area contributed by atoms with Crippen molar-refractivity contribution >= 4 is 17.5 Å². The predicted molar refractivity (Wildman–Crippen MR) is 104 cm³/mol. The van der Waals surface area contributed by atoms with Crippen LogP contribution < -0.4 is 20.1 Å². The summed E-state index contributed by atoms with van der Waals surface area (Å²) in [6.45, 7) is 2.10. The monoisotopic (exact) mass is 396 g/mol. The Kier molecular flexibility index (Phi) is 6.36. The normalized spacial score (nSPS) is 10.3. The zero-order chi connectivity index (χ0) is 20.6. The number of amides is 2. The number of aromatic nitrogens is 4. The molecule has 0 fully saturated rings. The molecule has 1 aromatic heterocycles. The molecule has 150 valence electrons. The highest BCUT2D eigenvalue weighted by Gasteiger charge is 2.14. The Balaban J connectivity index is 1.50. The van der Waals surface area contributed by atoms with E-state index in [2.05, 4.69) is 26.2 Å². The van der Waals surface area contributed by atoms with Crippen molar-refractivity contribution in [2.45, 2.75) is 6.92 Å². The lowest BCUT2D eigenvalue weighted by Gasteiger charge is -2.11. The molecule has 0 saturated heterocycles. The SMILES string of the molecule is COc1ccccc1OCCNC(=O)C(=O)Nc1cccc(-n2nnnc2C)c1. The average molecular weight is 396 g/mol. The largest absolute Gasteiger partial charge is 0.493 e. The van der Waals surface area contributed by atoms with E-state index in [0.29, 0.717) is 28.7 Å². The van der Waals surface area contributed by atoms with Gasteiger partial charge in [0.05, 0.1) is 19.3 Å². The Morgan fingerprint density at radius 1 is 1.07 bits per heavy atom. The Labute approximate surface area is 166 Å². The van der Waals surface area contributed by atoms with Crippen LogP contribution in [0.2, 0.25) is 0 Å². The molecular weight excluding hydrogens is 376 g/mol. The van der Waals surface area contributed by atoms with Gasteiger partial charge in [-0.1, -0.05) is 18.2 Å². The van der Waals surface area contributed by atoms with E-state index in [1.165, 1.54) is 4.68 Å². The van der Waals surface area contributed by atoms with Crippen LogP contribution in [0, 0.1) is 6.92 Å². The number of nitrogens with one attached hydrogen (secondary N) is 2. The molecule has 2 aromatic carbocycles. The second kappa shape index (κ2) is 9.31. The second-order valence-corrected chi connectivity index (χ2v) is 5.90. The minimum atomic E-state index is -0.784. The summed E-state index contributed by atoms with van der Waals surface area (Å²) in [6.07, 6.45) is 0. The van der Waals surface area contributed by atoms with Crippen LogP contribution in [0.1, 0.15) is 5.82 Å². The van der Waals surface area contributed by atoms with E-state index in [0.717, 1.165) is 0 Å². The molecule has 2 amide bonds. The number of hydrogen-bond acceptors (Lipinski definition) is 7. The van der Waals surface area contributed by atoms with Gasteiger partial charge in [-0.15, -0.1) is 5.10 Å². The number of benzene rings is 2. The summed E-state index contributed by atoms with van der Waals surface area (Å²) in [5.41, 5.74) is 1.11. The summed E-state index contributed by atoms with van der Waals surface area (Å²) in [4.78, 5) is 24.1. The number of tetrazole rings is 1. The van der Waals surface area contributed by atoms with E-state index in [4.69, 9.17) is 9.47 Å². The van der Waals surface area contributed by atoms with Crippen molar-refractivity contribution in [2.24, 2.45) is 0 Å². The van der Waals surface area contributed by atoms with Crippen molar-refractivity contribution < 1.29 is 19.1 Å². The number of aryl methyl sites for hydroxylation is 1. The van der Waals surface area contributed by atoms with Gasteiger partial charge < -0.3 is 20.1 Å². The maximum absolute atomic E-state index is 12.1. The molecule has 10 heteroatoms. The first kappa shape index (κ1) is 19.8. The molecule has 0 atom stereocenters. The predicted octanol–water partition coefficient (Wildman–Crippen LogP) is 1.11. The smallest absolute Gasteiger partial charge is 0.313 e. The summed E-state index contributed by atoms with van der Waals surface area (Å²) in [5.74, 6) is 0.199. The molecule has 0 aliphatic heterocycles. The first-order chi connectivity index (χ1) is 14.1. The molecule has 0 bridgehead atoms. The molecule has 2 N–H and O–H groups in total. The summed E-state index contributed by atoms with van der Waals surface area (Å²) < 4.78 is 12.3. The number of anilines is 1. The van der Waals surface area contributed by atoms with Gasteiger partial charge >= 0.3 is 11.8 Å². The van der Waals surface area contributed by atoms with Crippen LogP contribution in [0.25, 0.3) is 5.69 Å². The Morgan fingerprint density at radius 2 is 1.86 bits per heavy atom. The van der Waals surface area contributed by atoms with Crippen LogP contribution in [0.5, 0.6) is 11.5 Å². The summed E-state index contributed by atoms with van der Waals surface area (Å²) in [5, 5.41) is 16.3. The van der Waals surface area contributed by atoms with E-state index in [9.17, 15) is 9.59 Å². The standard InChI is InChI=1S/C19H20N6O4/c1-13-22-23-24-25(13)15-7-5-6-14(12-15)21-19(27)18(26)20-10-11-29-17-9-4-3-8-16(17)28-2/h3-9,12H,10-11H2,1-2H3,(H,20,26)(H,21,27). The lowest BCUT2D eigenvalue weighted by molar-refractivity contribution is -0.136. The average Bonchev–Trinajstić information content (AvgIpc) is 3.17. The number of carbonyl (C=O) groups is 2. The maximum atomic E-state index is 12.1. The molecule has 10 nitrogen and oxygen atoms in total. The number of rotatable bonds is 7. The van der Waals surface area contributed by atoms with E-state index < -0.39 is 11.8 Å². The van der Waals surface area contributed by atoms with E-state index in [1.807, 2.05) is 12.1 Å². The summed E-state index contributed by atoms with van der Waals surface area (Å²) >= 11 is 0. The zero-order valence-electron chi connectivity index (χ0n) is 16.0. The molecule has 0 spiro atoms. The van der Waals surface area contributed by atoms with Crippen LogP contribution in [-0.4, -0.2) is 52.3 Å². The number of hydrogen-bond donors (Lipinski definition) is 2. The molecular formula is C19H20N6O4. The van der Waals surface area contributed by atoms with Crippen molar-refractivity contribution in [3.8, 4) is 17.2 Å². The van der Waals surface area contributed by atoms with Gasteiger partial charge in [-0.05, 0) is 47.7 Å². The van der Waals surface area contributed by atoms with Gasteiger partial charge in [0.25, 0.3) is 0 Å². The van der Waals surface area contributed by atoms with Gasteiger partial charge in [0.1, 0.15) is 6.61 Å². The first-order valence-corrected chi connectivity index (χ1v) is 8.79. The fourth-order valence-corrected chi connectivity index (χ4v) is 2.52. The number of carbonyl (C=O) groups excluding carboxylic acids is 2. The van der Waals surface area contributed by atoms with E-state index >= 15 is 0 Å². The van der Waals surface area contributed by atoms with Crippen molar-refractivity contribution in [1.82, 2.24) is 25.5 Å². The third kappa shape index (κ3) is 5.06. The second-order valence-electron chi connectivity index (χ2n) is 5.90. The Hall–Kier alpha value is -3.95. The van der Waals surface area contributed by atoms with Crippen LogP contribution in [0.15, 0.2) is 48.5 Å². The topological polar surface area (TPSA) is 120 Å². The lowest BCUT2D eigenvalue weighted by Crippen LogP contribution is -2.37. The van der Waals surface area contributed by atoms with Gasteiger partial charge in [0, 0.05) is 5.69 Å². The third-order valence-electron chi connectivity index (χ3n) is 3.89. The molecule has 0 unspecified atom stereocenters. The van der Waals surface area contributed by atoms with Crippen molar-refractivity contribution in [3.63, 3.8) is 0 Å². The van der Waals surface area contributed by atoms with Crippen molar-refractivity contribution in [3.05, 3.63) is 54.4 Å². The van der Waals surface area contributed by atoms with Crippen LogP contribution in [-0.2, 0) is 9.59 Å². The van der Waals surface area contributed by atoms with Crippen LogP contribution in [0.3, 0.4) is 0 Å². The number of methoxy groups -OCH3 is 1. The molecule has 3 aromatic rings. The fraction of sp³-hybridized carbons (Fsp3) is 0.211. The first-order valence-electron chi connectivity index (χ1n) is 8.79. The van der Waals surface area contributed by atoms with E-state index in [1.54, 1.807) is 50.4 Å². The van der Waals surface area contributed by atoms with Crippen LogP contribution in [0.4, 0.5) is 5.69 Å². The highest BCUT2D eigenvalue weighted by Crippen LogP contribution is 2.25. The molecule has 29 heavy (non-hydrogen) atoms. The number of nitrogens with zero attached hydrogens (tertiary/aromatic N) is 4. The minimum absolute atomic E-state index is 0.161. The van der Waals surface area contributed by atoms with Gasteiger partial charge in [0.15, 0.2) is 17.3 Å². The highest BCUT2D eigenvalue weighted by atomic mass is 16.5. The van der Waals surface area contributed by atoms with Gasteiger partial charge in [-0.3, -0.25) is 9.59 Å². The lowest BCUT2D eigenvalue weighted by atomic mass is 10.2. The van der Waals surface area contributed by atoms with E-state index in [-0.39, 0.29) is 13.2 Å². The number of para-hydroxylation sites is 2. The molecule has 1 heterocycles. The molecule has 0 aliphatic carbocycles. The minimum Gasteiger partial charge on any atom is -0.493 e. The van der Waals surface area contributed by atoms with Crippen molar-refractivity contribution in [1.29, 1.82) is 0 Å². The van der Waals surface area contributed by atoms with Gasteiger partial charge in [-0.25, -0.2) is 0 Å². The van der Waals surface area contributed by atoms with Crippen LogP contribution >= 0.6 is 0 Å². The maximum Gasteiger partial charge on any atom is 0.313 e. The molecule has 0 radical (unpaired) electrons. The quantitative estimate of drug-likeness (QED) is 0.453. The number of ether oxygens (including phenoxy) is 2.